The summed E-state index contributed by atoms with van der Waals surface area (Å²) in [7, 11) is -3.49. The van der Waals surface area contributed by atoms with Crippen molar-refractivity contribution in [3.8, 4) is 0 Å². The number of nitrogens with zero attached hydrogens (tertiary/aromatic N) is 2. The maximum Gasteiger partial charge on any atom is 0.243 e. The molecule has 0 aromatic heterocycles. The lowest BCUT2D eigenvalue weighted by Crippen LogP contribution is -2.47. The van der Waals surface area contributed by atoms with Gasteiger partial charge in [-0.15, -0.1) is 6.58 Å². The van der Waals surface area contributed by atoms with Gasteiger partial charge in [0.25, 0.3) is 0 Å². The zero-order chi connectivity index (χ0) is 25.4. The summed E-state index contributed by atoms with van der Waals surface area (Å²) >= 11 is 0. The van der Waals surface area contributed by atoms with Crippen molar-refractivity contribution in [1.29, 1.82) is 0 Å². The lowest BCUT2D eigenvalue weighted by atomic mass is 10.1. The van der Waals surface area contributed by atoms with Crippen LogP contribution in [0.2, 0.25) is 0 Å². The van der Waals surface area contributed by atoms with Gasteiger partial charge in [0.15, 0.2) is 0 Å². The molecule has 2 amide bonds. The summed E-state index contributed by atoms with van der Waals surface area (Å²) in [5.74, 6) is -0.917. The van der Waals surface area contributed by atoms with Crippen LogP contribution >= 0.6 is 0 Å². The summed E-state index contributed by atoms with van der Waals surface area (Å²) in [5.41, 5.74) is 1.53. The van der Waals surface area contributed by atoms with Crippen molar-refractivity contribution in [3.63, 3.8) is 0 Å². The van der Waals surface area contributed by atoms with Crippen molar-refractivity contribution < 1.29 is 22.4 Å². The predicted molar refractivity (Wildman–Crippen MR) is 132 cm³/mol. The third kappa shape index (κ3) is 6.99. The average molecular weight is 502 g/mol. The van der Waals surface area contributed by atoms with Crippen LogP contribution in [0, 0.1) is 5.82 Å². The molecule has 2 aromatic rings. The molecule has 188 valence electrons. The van der Waals surface area contributed by atoms with Crippen LogP contribution in [0.25, 0.3) is 0 Å². The van der Waals surface area contributed by atoms with E-state index in [2.05, 4.69) is 11.9 Å². The van der Waals surface area contributed by atoms with Crippen LogP contribution in [0.5, 0.6) is 0 Å². The molecule has 2 aromatic carbocycles. The van der Waals surface area contributed by atoms with Gasteiger partial charge in [0.1, 0.15) is 11.9 Å². The smallest absolute Gasteiger partial charge is 0.243 e. The van der Waals surface area contributed by atoms with Crippen LogP contribution in [0.15, 0.2) is 66.1 Å². The number of sulfonamides is 1. The molecule has 0 bridgehead atoms. The first-order chi connectivity index (χ1) is 16.7. The van der Waals surface area contributed by atoms with Crippen molar-refractivity contribution in [3.05, 3.63) is 78.1 Å². The number of rotatable bonds is 11. The van der Waals surface area contributed by atoms with Gasteiger partial charge < -0.3 is 10.2 Å². The Bertz CT molecular complexity index is 1130. The first-order valence-electron chi connectivity index (χ1n) is 11.7. The number of carbonyl (C=O) groups excluding carboxylic acids is 2. The van der Waals surface area contributed by atoms with Crippen LogP contribution in [0.1, 0.15) is 37.3 Å². The molecule has 1 atom stereocenters. The largest absolute Gasteiger partial charge is 0.351 e. The summed E-state index contributed by atoms with van der Waals surface area (Å²) in [6.45, 7) is 6.77. The summed E-state index contributed by atoms with van der Waals surface area (Å²) in [5, 5.41) is 2.71. The zero-order valence-electron chi connectivity index (χ0n) is 20.0. The van der Waals surface area contributed by atoms with Gasteiger partial charge in [0.05, 0.1) is 4.90 Å². The molecule has 0 saturated carbocycles. The van der Waals surface area contributed by atoms with E-state index in [1.165, 1.54) is 21.3 Å². The van der Waals surface area contributed by atoms with E-state index in [9.17, 15) is 22.4 Å². The Morgan fingerprint density at radius 2 is 1.69 bits per heavy atom. The van der Waals surface area contributed by atoms with Crippen LogP contribution in [0.3, 0.4) is 0 Å². The number of hydrogen-bond donors (Lipinski definition) is 1. The summed E-state index contributed by atoms with van der Waals surface area (Å²) < 4.78 is 40.2. The molecule has 1 heterocycles. The Balaban J connectivity index is 1.68. The van der Waals surface area contributed by atoms with Crippen molar-refractivity contribution in [1.82, 2.24) is 14.5 Å². The highest BCUT2D eigenvalue weighted by molar-refractivity contribution is 7.89. The molecule has 9 heteroatoms. The number of hydrogen-bond acceptors (Lipinski definition) is 4. The van der Waals surface area contributed by atoms with Crippen LogP contribution in [-0.2, 0) is 32.6 Å². The second-order valence-electron chi connectivity index (χ2n) is 8.61. The van der Waals surface area contributed by atoms with Crippen LogP contribution < -0.4 is 5.32 Å². The van der Waals surface area contributed by atoms with E-state index in [0.717, 1.165) is 18.4 Å². The maximum atomic E-state index is 13.3. The fourth-order valence-electron chi connectivity index (χ4n) is 3.99. The third-order valence-corrected chi connectivity index (χ3v) is 8.02. The Kier molecular flexibility index (Phi) is 9.17. The van der Waals surface area contributed by atoms with Gasteiger partial charge in [0, 0.05) is 32.6 Å². The maximum absolute atomic E-state index is 13.3. The number of carbonyl (C=O) groups is 2. The van der Waals surface area contributed by atoms with E-state index in [4.69, 9.17) is 0 Å². The minimum Gasteiger partial charge on any atom is -0.351 e. The second-order valence-corrected chi connectivity index (χ2v) is 10.6. The van der Waals surface area contributed by atoms with Gasteiger partial charge in [0.2, 0.25) is 21.8 Å². The standard InChI is InChI=1S/C26H32FN3O4S/c1-3-16-28-26(32)20(2)30(19-22-6-11-23(27)12-7-22)25(31)15-10-21-8-13-24(14-9-21)35(33,34)29-17-4-5-18-29/h3,6-9,11-14,20H,1,4-5,10,15-19H2,2H3,(H,28,32)/t20-/m1/s1. The molecule has 1 N–H and O–H groups in total. The lowest BCUT2D eigenvalue weighted by Gasteiger charge is -2.29. The number of halogens is 1. The fourth-order valence-corrected chi connectivity index (χ4v) is 5.51. The Morgan fingerprint density at radius 3 is 2.29 bits per heavy atom. The van der Waals surface area contributed by atoms with E-state index in [-0.39, 0.29) is 42.0 Å². The van der Waals surface area contributed by atoms with Gasteiger partial charge in [-0.05, 0) is 61.6 Å². The fraction of sp³-hybridized carbons (Fsp3) is 0.385. The first kappa shape index (κ1) is 26.6. The summed E-state index contributed by atoms with van der Waals surface area (Å²) in [6, 6.07) is 11.7. The molecule has 0 radical (unpaired) electrons. The first-order valence-corrected chi connectivity index (χ1v) is 13.2. The van der Waals surface area contributed by atoms with Gasteiger partial charge in [-0.2, -0.15) is 4.31 Å². The Morgan fingerprint density at radius 1 is 1.09 bits per heavy atom. The molecule has 1 fully saturated rings. The molecule has 1 aliphatic heterocycles. The molecule has 0 aliphatic carbocycles. The summed E-state index contributed by atoms with van der Waals surface area (Å²) in [4.78, 5) is 27.4. The summed E-state index contributed by atoms with van der Waals surface area (Å²) in [6.07, 6.45) is 3.84. The van der Waals surface area contributed by atoms with E-state index in [1.807, 2.05) is 0 Å². The highest BCUT2D eigenvalue weighted by Crippen LogP contribution is 2.21. The third-order valence-electron chi connectivity index (χ3n) is 6.11. The predicted octanol–water partition coefficient (Wildman–Crippen LogP) is 3.26. The quantitative estimate of drug-likeness (QED) is 0.479. The number of amides is 2. The van der Waals surface area contributed by atoms with Gasteiger partial charge >= 0.3 is 0 Å². The van der Waals surface area contributed by atoms with E-state index in [1.54, 1.807) is 49.4 Å². The highest BCUT2D eigenvalue weighted by Gasteiger charge is 2.28. The molecule has 7 nitrogen and oxygen atoms in total. The molecule has 0 spiro atoms. The van der Waals surface area contributed by atoms with Crippen LogP contribution in [-0.4, -0.2) is 55.1 Å². The Labute approximate surface area is 206 Å². The molecule has 1 saturated heterocycles. The zero-order valence-corrected chi connectivity index (χ0v) is 20.8. The molecular formula is C26H32FN3O4S. The van der Waals surface area contributed by atoms with Gasteiger partial charge in [-0.25, -0.2) is 12.8 Å². The topological polar surface area (TPSA) is 86.8 Å². The number of nitrogens with one attached hydrogen (secondary N) is 1. The van der Waals surface area contributed by atoms with E-state index in [0.29, 0.717) is 25.1 Å². The lowest BCUT2D eigenvalue weighted by molar-refractivity contribution is -0.140. The van der Waals surface area contributed by atoms with E-state index >= 15 is 0 Å². The average Bonchev–Trinajstić information content (AvgIpc) is 3.41. The van der Waals surface area contributed by atoms with Crippen LogP contribution in [0.4, 0.5) is 4.39 Å². The van der Waals surface area contributed by atoms with Crippen molar-refractivity contribution >= 4 is 21.8 Å². The minimum absolute atomic E-state index is 0.137. The second kappa shape index (κ2) is 12.1. The monoisotopic (exact) mass is 501 g/mol. The Hall–Kier alpha value is -3.04. The SMILES string of the molecule is C=CCNC(=O)[C@@H](C)N(Cc1ccc(F)cc1)C(=O)CCc1ccc(S(=O)(=O)N2CCCC2)cc1. The molecular weight excluding hydrogens is 469 g/mol. The van der Waals surface area contributed by atoms with Gasteiger partial charge in [-0.1, -0.05) is 30.3 Å². The van der Waals surface area contributed by atoms with E-state index < -0.39 is 16.1 Å². The molecule has 1 aliphatic rings. The van der Waals surface area contributed by atoms with Crippen molar-refractivity contribution in [2.24, 2.45) is 0 Å². The highest BCUT2D eigenvalue weighted by atomic mass is 32.2. The normalized spacial score (nSPS) is 14.9. The van der Waals surface area contributed by atoms with Crippen molar-refractivity contribution in [2.45, 2.75) is 50.1 Å². The van der Waals surface area contributed by atoms with Crippen molar-refractivity contribution in [2.75, 3.05) is 19.6 Å². The molecule has 35 heavy (non-hydrogen) atoms. The van der Waals surface area contributed by atoms with Gasteiger partial charge in [-0.3, -0.25) is 9.59 Å². The minimum atomic E-state index is -3.49. The number of benzene rings is 2. The molecule has 0 unspecified atom stereocenters. The number of aryl methyl sites for hydroxylation is 1. The molecule has 3 rings (SSSR count).